The number of ether oxygens (including phenoxy) is 1. The van der Waals surface area contributed by atoms with Crippen LogP contribution in [0.4, 0.5) is 5.69 Å². The number of rotatable bonds is 8. The molecule has 1 atom stereocenters. The molecule has 0 radical (unpaired) electrons. The van der Waals surface area contributed by atoms with Gasteiger partial charge in [-0.2, -0.15) is 0 Å². The summed E-state index contributed by atoms with van der Waals surface area (Å²) in [5, 5.41) is 0. The van der Waals surface area contributed by atoms with E-state index in [0.717, 1.165) is 18.4 Å². The van der Waals surface area contributed by atoms with Crippen LogP contribution >= 0.6 is 0 Å². The summed E-state index contributed by atoms with van der Waals surface area (Å²) in [6.45, 7) is 4.83. The molecule has 110 valence electrons. The van der Waals surface area contributed by atoms with Crippen LogP contribution < -0.4 is 5.73 Å². The first-order valence-electron chi connectivity index (χ1n) is 7.36. The van der Waals surface area contributed by atoms with Crippen LogP contribution in [0.15, 0.2) is 30.3 Å². The number of nitrogens with two attached hydrogens (primary N) is 1. The largest absolute Gasteiger partial charge is 0.462 e. The summed E-state index contributed by atoms with van der Waals surface area (Å²) in [6.07, 6.45) is 7.77. The summed E-state index contributed by atoms with van der Waals surface area (Å²) < 4.78 is 5.29. The van der Waals surface area contributed by atoms with Crippen LogP contribution in [0.1, 0.15) is 45.1 Å². The maximum absolute atomic E-state index is 11.6. The van der Waals surface area contributed by atoms with Crippen molar-refractivity contribution in [2.24, 2.45) is 5.92 Å². The number of esters is 1. The van der Waals surface area contributed by atoms with E-state index < -0.39 is 0 Å². The van der Waals surface area contributed by atoms with Gasteiger partial charge in [0.2, 0.25) is 0 Å². The third kappa shape index (κ3) is 6.41. The molecule has 20 heavy (non-hydrogen) atoms. The Kier molecular flexibility index (Phi) is 7.48. The number of carbonyl (C=O) groups excluding carboxylic acids is 1. The predicted octanol–water partition coefficient (Wildman–Crippen LogP) is 4.04. The van der Waals surface area contributed by atoms with Crippen LogP contribution in [0.5, 0.6) is 0 Å². The van der Waals surface area contributed by atoms with Gasteiger partial charge < -0.3 is 10.5 Å². The Balaban J connectivity index is 2.37. The Labute approximate surface area is 121 Å². The van der Waals surface area contributed by atoms with Crippen molar-refractivity contribution >= 4 is 17.7 Å². The maximum Gasteiger partial charge on any atom is 0.330 e. The quantitative estimate of drug-likeness (QED) is 0.442. The highest BCUT2D eigenvalue weighted by molar-refractivity contribution is 5.87. The average molecular weight is 275 g/mol. The Morgan fingerprint density at radius 3 is 2.60 bits per heavy atom. The molecule has 1 aromatic rings. The summed E-state index contributed by atoms with van der Waals surface area (Å²) in [4.78, 5) is 11.6. The van der Waals surface area contributed by atoms with E-state index in [1.807, 2.05) is 24.3 Å². The summed E-state index contributed by atoms with van der Waals surface area (Å²) in [5.74, 6) is 0.195. The molecule has 0 bridgehead atoms. The molecule has 3 nitrogen and oxygen atoms in total. The minimum Gasteiger partial charge on any atom is -0.462 e. The van der Waals surface area contributed by atoms with Gasteiger partial charge in [-0.3, -0.25) is 0 Å². The zero-order valence-corrected chi connectivity index (χ0v) is 12.5. The van der Waals surface area contributed by atoms with Gasteiger partial charge in [0.15, 0.2) is 0 Å². The van der Waals surface area contributed by atoms with E-state index in [9.17, 15) is 4.79 Å². The van der Waals surface area contributed by atoms with Crippen LogP contribution in [0.3, 0.4) is 0 Å². The first-order valence-corrected chi connectivity index (χ1v) is 7.36. The lowest BCUT2D eigenvalue weighted by molar-refractivity contribution is -0.139. The fourth-order valence-corrected chi connectivity index (χ4v) is 1.92. The number of anilines is 1. The van der Waals surface area contributed by atoms with E-state index in [1.165, 1.54) is 18.9 Å². The molecule has 1 rings (SSSR count). The van der Waals surface area contributed by atoms with Crippen molar-refractivity contribution < 1.29 is 9.53 Å². The second-order valence-electron chi connectivity index (χ2n) is 5.05. The van der Waals surface area contributed by atoms with Gasteiger partial charge in [0.25, 0.3) is 0 Å². The number of hydrogen-bond donors (Lipinski definition) is 1. The number of carbonyl (C=O) groups is 1. The minimum absolute atomic E-state index is 0.281. The van der Waals surface area contributed by atoms with E-state index in [-0.39, 0.29) is 5.97 Å². The third-order valence-corrected chi connectivity index (χ3v) is 3.35. The standard InChI is InChI=1S/C17H25NO2/c1-3-5-6-14(4-2)13-20-17(19)12-9-15-7-10-16(18)11-8-15/h7-12,14H,3-6,13,18H2,1-2H3/b12-9+. The summed E-state index contributed by atoms with van der Waals surface area (Å²) >= 11 is 0. The van der Waals surface area contributed by atoms with Gasteiger partial charge in [-0.1, -0.05) is 45.2 Å². The van der Waals surface area contributed by atoms with Gasteiger partial charge in [-0.25, -0.2) is 4.79 Å². The second kappa shape index (κ2) is 9.18. The van der Waals surface area contributed by atoms with Crippen molar-refractivity contribution in [1.82, 2.24) is 0 Å². The Bertz CT molecular complexity index is 423. The normalized spacial score (nSPS) is 12.5. The molecule has 1 aromatic carbocycles. The molecule has 0 heterocycles. The SMILES string of the molecule is CCCCC(CC)COC(=O)/C=C/c1ccc(N)cc1. The van der Waals surface area contributed by atoms with Crippen molar-refractivity contribution in [3.8, 4) is 0 Å². The lowest BCUT2D eigenvalue weighted by atomic mass is 10.0. The number of nitrogen functional groups attached to an aromatic ring is 1. The summed E-state index contributed by atoms with van der Waals surface area (Å²) in [7, 11) is 0. The minimum atomic E-state index is -0.281. The summed E-state index contributed by atoms with van der Waals surface area (Å²) in [6, 6.07) is 7.36. The molecule has 0 amide bonds. The van der Waals surface area contributed by atoms with Crippen LogP contribution in [0, 0.1) is 5.92 Å². The van der Waals surface area contributed by atoms with E-state index in [0.29, 0.717) is 18.2 Å². The highest BCUT2D eigenvalue weighted by atomic mass is 16.5. The maximum atomic E-state index is 11.6. The molecule has 0 aromatic heterocycles. The van der Waals surface area contributed by atoms with Gasteiger partial charge in [-0.05, 0) is 36.1 Å². The molecule has 0 spiro atoms. The highest BCUT2D eigenvalue weighted by Crippen LogP contribution is 2.13. The Morgan fingerprint density at radius 1 is 1.30 bits per heavy atom. The molecule has 0 aliphatic rings. The molecular weight excluding hydrogens is 250 g/mol. The van der Waals surface area contributed by atoms with E-state index >= 15 is 0 Å². The highest BCUT2D eigenvalue weighted by Gasteiger charge is 2.08. The fraction of sp³-hybridized carbons (Fsp3) is 0.471. The van der Waals surface area contributed by atoms with Crippen molar-refractivity contribution in [1.29, 1.82) is 0 Å². The van der Waals surface area contributed by atoms with Gasteiger partial charge >= 0.3 is 5.97 Å². The molecule has 2 N–H and O–H groups in total. The third-order valence-electron chi connectivity index (χ3n) is 3.35. The molecule has 0 saturated heterocycles. The van der Waals surface area contributed by atoms with Crippen LogP contribution in [0.2, 0.25) is 0 Å². The zero-order chi connectivity index (χ0) is 14.8. The van der Waals surface area contributed by atoms with Crippen molar-refractivity contribution in [3.05, 3.63) is 35.9 Å². The number of unbranched alkanes of at least 4 members (excludes halogenated alkanes) is 1. The average Bonchev–Trinajstić information content (AvgIpc) is 2.47. The predicted molar refractivity (Wildman–Crippen MR) is 84.2 cm³/mol. The lowest BCUT2D eigenvalue weighted by Crippen LogP contribution is -2.12. The molecular formula is C17H25NO2. The molecule has 0 fully saturated rings. The fourth-order valence-electron chi connectivity index (χ4n) is 1.92. The molecule has 3 heteroatoms. The Hall–Kier alpha value is -1.77. The van der Waals surface area contributed by atoms with Gasteiger partial charge in [0.05, 0.1) is 6.61 Å². The van der Waals surface area contributed by atoms with Crippen LogP contribution in [0.25, 0.3) is 6.08 Å². The number of benzene rings is 1. The van der Waals surface area contributed by atoms with Crippen LogP contribution in [-0.4, -0.2) is 12.6 Å². The van der Waals surface area contributed by atoms with Crippen molar-refractivity contribution in [2.45, 2.75) is 39.5 Å². The first kappa shape index (κ1) is 16.3. The van der Waals surface area contributed by atoms with Crippen molar-refractivity contribution in [2.75, 3.05) is 12.3 Å². The van der Waals surface area contributed by atoms with E-state index in [2.05, 4.69) is 13.8 Å². The topological polar surface area (TPSA) is 52.3 Å². The second-order valence-corrected chi connectivity index (χ2v) is 5.05. The van der Waals surface area contributed by atoms with E-state index in [1.54, 1.807) is 6.08 Å². The number of hydrogen-bond acceptors (Lipinski definition) is 3. The van der Waals surface area contributed by atoms with Crippen molar-refractivity contribution in [3.63, 3.8) is 0 Å². The smallest absolute Gasteiger partial charge is 0.330 e. The summed E-state index contributed by atoms with van der Waals surface area (Å²) in [5.41, 5.74) is 7.26. The van der Waals surface area contributed by atoms with Gasteiger partial charge in [0, 0.05) is 11.8 Å². The van der Waals surface area contributed by atoms with E-state index in [4.69, 9.17) is 10.5 Å². The Morgan fingerprint density at radius 2 is 2.00 bits per heavy atom. The van der Waals surface area contributed by atoms with Gasteiger partial charge in [0.1, 0.15) is 0 Å². The molecule has 0 aliphatic carbocycles. The molecule has 1 unspecified atom stereocenters. The lowest BCUT2D eigenvalue weighted by Gasteiger charge is -2.13. The van der Waals surface area contributed by atoms with Crippen LogP contribution in [-0.2, 0) is 9.53 Å². The zero-order valence-electron chi connectivity index (χ0n) is 12.5. The monoisotopic (exact) mass is 275 g/mol. The first-order chi connectivity index (χ1) is 9.65. The molecule has 0 saturated carbocycles. The van der Waals surface area contributed by atoms with Gasteiger partial charge in [-0.15, -0.1) is 0 Å². The molecule has 0 aliphatic heterocycles.